The van der Waals surface area contributed by atoms with Gasteiger partial charge >= 0.3 is 0 Å². The predicted molar refractivity (Wildman–Crippen MR) is 111 cm³/mol. The molecule has 1 aromatic rings. The second kappa shape index (κ2) is 7.19. The van der Waals surface area contributed by atoms with Crippen LogP contribution in [0.4, 0.5) is 5.69 Å². The summed E-state index contributed by atoms with van der Waals surface area (Å²) in [4.78, 5) is 20.9. The van der Waals surface area contributed by atoms with Crippen LogP contribution < -0.4 is 4.90 Å². The van der Waals surface area contributed by atoms with Gasteiger partial charge < -0.3 is 9.80 Å². The van der Waals surface area contributed by atoms with Crippen molar-refractivity contribution < 1.29 is 4.79 Å². The van der Waals surface area contributed by atoms with Crippen LogP contribution in [0.2, 0.25) is 0 Å². The highest BCUT2D eigenvalue weighted by Crippen LogP contribution is 2.30. The molecule has 0 spiro atoms. The average molecular weight is 382 g/mol. The van der Waals surface area contributed by atoms with E-state index in [2.05, 4.69) is 15.0 Å². The smallest absolute Gasteiger partial charge is 0.283 e. The number of anilines is 1. The third kappa shape index (κ3) is 3.49. The van der Waals surface area contributed by atoms with Crippen LogP contribution in [0, 0.1) is 5.41 Å². The van der Waals surface area contributed by atoms with Gasteiger partial charge in [0.15, 0.2) is 11.0 Å². The maximum atomic E-state index is 12.5. The molecule has 3 aliphatic rings. The number of nitrogens with zero attached hydrogens (tertiary/aromatic N) is 5. The molecule has 8 heteroatoms. The number of fused-ring (bicyclic) bond motifs is 1. The first-order valence-corrected chi connectivity index (χ1v) is 9.87. The number of carbonyl (C=O) groups excluding carboxylic acids is 1. The Morgan fingerprint density at radius 3 is 2.48 bits per heavy atom. The summed E-state index contributed by atoms with van der Waals surface area (Å²) >= 11 is 1.38. The van der Waals surface area contributed by atoms with Crippen molar-refractivity contribution in [2.75, 3.05) is 32.1 Å². The zero-order valence-electron chi connectivity index (χ0n) is 15.5. The molecule has 0 bridgehead atoms. The van der Waals surface area contributed by atoms with Gasteiger partial charge in [-0.3, -0.25) is 10.2 Å². The van der Waals surface area contributed by atoms with Crippen molar-refractivity contribution in [3.8, 4) is 0 Å². The van der Waals surface area contributed by atoms with Gasteiger partial charge in [0, 0.05) is 32.9 Å². The van der Waals surface area contributed by atoms with Crippen LogP contribution in [0.25, 0.3) is 6.08 Å². The fourth-order valence-corrected chi connectivity index (χ4v) is 4.17. The van der Waals surface area contributed by atoms with Crippen molar-refractivity contribution in [1.29, 1.82) is 5.41 Å². The normalized spacial score (nSPS) is 21.3. The summed E-state index contributed by atoms with van der Waals surface area (Å²) in [5, 5.41) is 15.8. The lowest BCUT2D eigenvalue weighted by Gasteiger charge is -2.26. The van der Waals surface area contributed by atoms with E-state index in [0.717, 1.165) is 42.3 Å². The molecular weight excluding hydrogens is 360 g/mol. The van der Waals surface area contributed by atoms with E-state index in [-0.39, 0.29) is 17.3 Å². The lowest BCUT2D eigenvalue weighted by Crippen LogP contribution is -2.35. The number of aliphatic imine (C=N–C) groups is 1. The summed E-state index contributed by atoms with van der Waals surface area (Å²) in [6, 6.07) is 7.83. The van der Waals surface area contributed by atoms with E-state index in [0.29, 0.717) is 5.17 Å². The van der Waals surface area contributed by atoms with E-state index < -0.39 is 0 Å². The first-order valence-electron chi connectivity index (χ1n) is 9.05. The summed E-state index contributed by atoms with van der Waals surface area (Å²) in [6.45, 7) is 1.93. The van der Waals surface area contributed by atoms with Crippen LogP contribution in [0.5, 0.6) is 0 Å². The monoisotopic (exact) mass is 382 g/mol. The molecule has 3 heterocycles. The largest absolute Gasteiger partial charge is 0.378 e. The number of thioether (sulfide) groups is 1. The highest BCUT2D eigenvalue weighted by Gasteiger charge is 2.37. The zero-order valence-corrected chi connectivity index (χ0v) is 16.3. The molecule has 0 unspecified atom stereocenters. The number of likely N-dealkylation sites (tertiary alicyclic amines) is 1. The van der Waals surface area contributed by atoms with Crippen molar-refractivity contribution in [2.45, 2.75) is 19.3 Å². The van der Waals surface area contributed by atoms with Gasteiger partial charge in [0.25, 0.3) is 5.91 Å². The summed E-state index contributed by atoms with van der Waals surface area (Å²) in [5.41, 5.74) is 2.20. The molecule has 1 N–H and O–H groups in total. The van der Waals surface area contributed by atoms with Crippen LogP contribution in [-0.2, 0) is 4.79 Å². The van der Waals surface area contributed by atoms with Crippen molar-refractivity contribution in [3.05, 3.63) is 35.4 Å². The molecular formula is C19H22N6OS. The topological polar surface area (TPSA) is 75.4 Å². The molecule has 7 nitrogen and oxygen atoms in total. The standard InChI is InChI=1S/C19H22N6OS/c1-23(2)14-8-6-13(7-9-14)12-15-16(20)25-18(21-17(15)26)27-19(22-25)24-10-4-3-5-11-24/h6-9,12,20H,3-5,10-11H2,1-2H3/b15-12+,20-16?. The summed E-state index contributed by atoms with van der Waals surface area (Å²) < 4.78 is 0. The van der Waals surface area contributed by atoms with E-state index in [1.54, 1.807) is 6.08 Å². The highest BCUT2D eigenvalue weighted by molar-refractivity contribution is 8.26. The Morgan fingerprint density at radius 2 is 1.81 bits per heavy atom. The van der Waals surface area contributed by atoms with Gasteiger partial charge in [-0.05, 0) is 54.8 Å². The zero-order chi connectivity index (χ0) is 19.0. The van der Waals surface area contributed by atoms with Gasteiger partial charge in [-0.2, -0.15) is 10.0 Å². The second-order valence-corrected chi connectivity index (χ2v) is 7.87. The molecule has 1 fully saturated rings. The predicted octanol–water partition coefficient (Wildman–Crippen LogP) is 2.82. The van der Waals surface area contributed by atoms with Gasteiger partial charge in [-0.15, -0.1) is 5.10 Å². The number of hydrogen-bond donors (Lipinski definition) is 1. The number of hydrogen-bond acceptors (Lipinski definition) is 6. The first kappa shape index (κ1) is 17.8. The molecule has 140 valence electrons. The van der Waals surface area contributed by atoms with Gasteiger partial charge in [-0.1, -0.05) is 12.1 Å². The molecule has 0 aromatic heterocycles. The minimum Gasteiger partial charge on any atom is -0.378 e. The summed E-state index contributed by atoms with van der Waals surface area (Å²) in [6.07, 6.45) is 5.25. The van der Waals surface area contributed by atoms with E-state index >= 15 is 0 Å². The van der Waals surface area contributed by atoms with Crippen LogP contribution in [0.15, 0.2) is 39.9 Å². The van der Waals surface area contributed by atoms with Gasteiger partial charge in [0.2, 0.25) is 5.17 Å². The van der Waals surface area contributed by atoms with E-state index in [9.17, 15) is 4.79 Å². The molecule has 0 atom stereocenters. The third-order valence-electron chi connectivity index (χ3n) is 4.79. The van der Waals surface area contributed by atoms with Crippen molar-refractivity contribution in [1.82, 2.24) is 9.91 Å². The Morgan fingerprint density at radius 1 is 1.11 bits per heavy atom. The number of rotatable bonds is 2. The number of piperidine rings is 1. The van der Waals surface area contributed by atoms with Gasteiger partial charge in [0.05, 0.1) is 5.57 Å². The van der Waals surface area contributed by atoms with E-state index in [1.807, 2.05) is 43.3 Å². The van der Waals surface area contributed by atoms with E-state index in [4.69, 9.17) is 5.41 Å². The van der Waals surface area contributed by atoms with Crippen LogP contribution in [0.1, 0.15) is 24.8 Å². The number of benzene rings is 1. The molecule has 3 aliphatic heterocycles. The molecule has 0 aliphatic carbocycles. The first-order chi connectivity index (χ1) is 13.0. The fraction of sp³-hybridized carbons (Fsp3) is 0.368. The Bertz CT molecular complexity index is 865. The van der Waals surface area contributed by atoms with Crippen LogP contribution in [0.3, 0.4) is 0 Å². The molecule has 0 radical (unpaired) electrons. The number of carbonyl (C=O) groups is 1. The molecule has 0 saturated carbocycles. The Kier molecular flexibility index (Phi) is 4.73. The van der Waals surface area contributed by atoms with Crippen molar-refractivity contribution in [2.24, 2.45) is 10.1 Å². The maximum Gasteiger partial charge on any atom is 0.283 e. The summed E-state index contributed by atoms with van der Waals surface area (Å²) in [7, 11) is 3.96. The Labute approximate surface area is 162 Å². The molecule has 1 amide bonds. The average Bonchev–Trinajstić information content (AvgIpc) is 3.10. The van der Waals surface area contributed by atoms with Gasteiger partial charge in [0.1, 0.15) is 0 Å². The quantitative estimate of drug-likeness (QED) is 0.796. The Hall–Kier alpha value is -2.61. The Balaban J connectivity index is 1.59. The number of hydrazone groups is 1. The third-order valence-corrected chi connectivity index (χ3v) is 5.76. The molecule has 27 heavy (non-hydrogen) atoms. The number of amidine groups is 3. The minimum absolute atomic E-state index is 0.0844. The SMILES string of the molecule is CN(C)c1ccc(/C=C2\C(=N)N3N=C(N4CCCCC4)SC3=NC2=O)cc1. The second-order valence-electron chi connectivity index (χ2n) is 6.94. The maximum absolute atomic E-state index is 12.5. The van der Waals surface area contributed by atoms with Crippen LogP contribution in [-0.4, -0.2) is 59.2 Å². The molecule has 4 rings (SSSR count). The van der Waals surface area contributed by atoms with Crippen molar-refractivity contribution in [3.63, 3.8) is 0 Å². The van der Waals surface area contributed by atoms with E-state index in [1.165, 1.54) is 23.2 Å². The van der Waals surface area contributed by atoms with Crippen molar-refractivity contribution >= 4 is 45.6 Å². The fourth-order valence-electron chi connectivity index (χ4n) is 3.23. The summed E-state index contributed by atoms with van der Waals surface area (Å²) in [5.74, 6) is -0.299. The number of amides is 1. The molecule has 1 saturated heterocycles. The van der Waals surface area contributed by atoms with Gasteiger partial charge in [-0.25, -0.2) is 0 Å². The number of nitrogens with one attached hydrogen (secondary N) is 1. The minimum atomic E-state index is -0.384. The lowest BCUT2D eigenvalue weighted by atomic mass is 10.1. The highest BCUT2D eigenvalue weighted by atomic mass is 32.2. The van der Waals surface area contributed by atoms with Crippen LogP contribution >= 0.6 is 11.8 Å². The molecule has 1 aromatic carbocycles. The lowest BCUT2D eigenvalue weighted by molar-refractivity contribution is -0.114.